The van der Waals surface area contributed by atoms with Crippen molar-refractivity contribution in [3.63, 3.8) is 0 Å². The summed E-state index contributed by atoms with van der Waals surface area (Å²) in [6.45, 7) is 3.62. The third-order valence-electron chi connectivity index (χ3n) is 3.59. The van der Waals surface area contributed by atoms with Crippen LogP contribution in [0.25, 0.3) is 10.9 Å². The Morgan fingerprint density at radius 1 is 1.33 bits per heavy atom. The van der Waals surface area contributed by atoms with E-state index in [-0.39, 0.29) is 13.0 Å². The molecule has 2 aromatic rings. The van der Waals surface area contributed by atoms with Gasteiger partial charge in [-0.25, -0.2) is 4.79 Å². The first-order valence-corrected chi connectivity index (χ1v) is 6.67. The molecule has 1 aromatic carbocycles. The van der Waals surface area contributed by atoms with Crippen molar-refractivity contribution in [2.45, 2.75) is 26.3 Å². The maximum absolute atomic E-state index is 12.1. The number of hydrogen-bond donors (Lipinski definition) is 4. The number of benzene rings is 1. The summed E-state index contributed by atoms with van der Waals surface area (Å²) >= 11 is 0. The average Bonchev–Trinajstić information content (AvgIpc) is 2.73. The molecule has 0 unspecified atom stereocenters. The summed E-state index contributed by atoms with van der Waals surface area (Å²) in [5.41, 5.74) is 3.43. The van der Waals surface area contributed by atoms with Gasteiger partial charge in [-0.2, -0.15) is 0 Å². The van der Waals surface area contributed by atoms with Gasteiger partial charge < -0.3 is 20.5 Å². The highest BCUT2D eigenvalue weighted by molar-refractivity contribution is 6.00. The molecule has 0 spiro atoms. The van der Waals surface area contributed by atoms with Gasteiger partial charge in [0.05, 0.1) is 0 Å². The number of carbonyl (C=O) groups excluding carboxylic acids is 1. The highest BCUT2D eigenvalue weighted by atomic mass is 16.4. The van der Waals surface area contributed by atoms with Crippen LogP contribution in [0.15, 0.2) is 18.2 Å². The number of aliphatic hydroxyl groups excluding tert-OH is 1. The zero-order valence-electron chi connectivity index (χ0n) is 11.9. The third kappa shape index (κ3) is 3.05. The lowest BCUT2D eigenvalue weighted by Gasteiger charge is -2.13. The number of aryl methyl sites for hydroxylation is 2. The Bertz CT molecular complexity index is 690. The van der Waals surface area contributed by atoms with Gasteiger partial charge >= 0.3 is 5.97 Å². The molecule has 0 aliphatic rings. The fourth-order valence-corrected chi connectivity index (χ4v) is 2.23. The van der Waals surface area contributed by atoms with E-state index in [9.17, 15) is 9.59 Å². The summed E-state index contributed by atoms with van der Waals surface area (Å²) in [6.07, 6.45) is -0.0222. The predicted molar refractivity (Wildman–Crippen MR) is 78.4 cm³/mol. The predicted octanol–water partition coefficient (Wildman–Crippen LogP) is 1.35. The van der Waals surface area contributed by atoms with Gasteiger partial charge in [-0.15, -0.1) is 0 Å². The molecule has 0 saturated heterocycles. The first-order valence-electron chi connectivity index (χ1n) is 6.67. The van der Waals surface area contributed by atoms with Gasteiger partial charge in [0.2, 0.25) is 0 Å². The number of aromatic amines is 1. The smallest absolute Gasteiger partial charge is 0.326 e. The number of aromatic nitrogens is 1. The van der Waals surface area contributed by atoms with E-state index in [1.165, 1.54) is 0 Å². The summed E-state index contributed by atoms with van der Waals surface area (Å²) in [5, 5.41) is 21.2. The first kappa shape index (κ1) is 15.1. The maximum Gasteiger partial charge on any atom is 0.326 e. The molecule has 0 saturated carbocycles. The molecule has 6 heteroatoms. The lowest BCUT2D eigenvalue weighted by molar-refractivity contribution is -0.139. The second-order valence-corrected chi connectivity index (χ2v) is 5.01. The highest BCUT2D eigenvalue weighted by Gasteiger charge is 2.20. The number of rotatable bonds is 5. The Balaban J connectivity index is 2.26. The molecule has 21 heavy (non-hydrogen) atoms. The van der Waals surface area contributed by atoms with Crippen LogP contribution in [0, 0.1) is 13.8 Å². The van der Waals surface area contributed by atoms with Crippen molar-refractivity contribution in [2.75, 3.05) is 6.61 Å². The topological polar surface area (TPSA) is 102 Å². The maximum atomic E-state index is 12.1. The van der Waals surface area contributed by atoms with Crippen LogP contribution < -0.4 is 5.32 Å². The van der Waals surface area contributed by atoms with E-state index >= 15 is 0 Å². The molecule has 0 bridgehead atoms. The Kier molecular flexibility index (Phi) is 4.28. The summed E-state index contributed by atoms with van der Waals surface area (Å²) < 4.78 is 0. The van der Waals surface area contributed by atoms with E-state index in [1.54, 1.807) is 18.2 Å². The number of hydrogen-bond acceptors (Lipinski definition) is 3. The Hall–Kier alpha value is -2.34. The Morgan fingerprint density at radius 2 is 2.05 bits per heavy atom. The Labute approximate surface area is 121 Å². The zero-order valence-corrected chi connectivity index (χ0v) is 11.9. The van der Waals surface area contributed by atoms with Crippen LogP contribution in [0.2, 0.25) is 0 Å². The molecule has 1 amide bonds. The SMILES string of the molecule is Cc1[nH]c2ccc(C(=O)N[C@H](CCO)C(=O)O)cc2c1C. The molecular formula is C15H18N2O4. The lowest BCUT2D eigenvalue weighted by Crippen LogP contribution is -2.41. The van der Waals surface area contributed by atoms with Crippen LogP contribution in [0.5, 0.6) is 0 Å². The van der Waals surface area contributed by atoms with Crippen LogP contribution in [0.4, 0.5) is 0 Å². The van der Waals surface area contributed by atoms with E-state index in [4.69, 9.17) is 10.2 Å². The van der Waals surface area contributed by atoms with Crippen LogP contribution >= 0.6 is 0 Å². The lowest BCUT2D eigenvalue weighted by atomic mass is 10.1. The summed E-state index contributed by atoms with van der Waals surface area (Å²) in [7, 11) is 0. The largest absolute Gasteiger partial charge is 0.480 e. The van der Waals surface area contributed by atoms with E-state index in [2.05, 4.69) is 10.3 Å². The molecule has 0 aliphatic carbocycles. The molecule has 2 rings (SSSR count). The number of aliphatic hydroxyl groups is 1. The summed E-state index contributed by atoms with van der Waals surface area (Å²) in [4.78, 5) is 26.3. The third-order valence-corrected chi connectivity index (χ3v) is 3.59. The number of aliphatic carboxylic acids is 1. The second-order valence-electron chi connectivity index (χ2n) is 5.01. The minimum Gasteiger partial charge on any atom is -0.480 e. The van der Waals surface area contributed by atoms with E-state index < -0.39 is 17.9 Å². The number of H-pyrrole nitrogens is 1. The molecular weight excluding hydrogens is 272 g/mol. The van der Waals surface area contributed by atoms with Gasteiger partial charge in [0.1, 0.15) is 6.04 Å². The fourth-order valence-electron chi connectivity index (χ4n) is 2.23. The van der Waals surface area contributed by atoms with E-state index in [1.807, 2.05) is 13.8 Å². The van der Waals surface area contributed by atoms with Crippen LogP contribution in [0.1, 0.15) is 28.0 Å². The summed E-state index contributed by atoms with van der Waals surface area (Å²) in [5.74, 6) is -1.62. The first-order chi connectivity index (χ1) is 9.93. The quantitative estimate of drug-likeness (QED) is 0.667. The van der Waals surface area contributed by atoms with Crippen molar-refractivity contribution in [1.82, 2.24) is 10.3 Å². The van der Waals surface area contributed by atoms with Crippen molar-refractivity contribution >= 4 is 22.8 Å². The molecule has 1 aromatic heterocycles. The molecule has 0 aliphatic heterocycles. The summed E-state index contributed by atoms with van der Waals surface area (Å²) in [6, 6.07) is 4.09. The monoisotopic (exact) mass is 290 g/mol. The molecule has 6 nitrogen and oxygen atoms in total. The minimum atomic E-state index is -1.16. The number of nitrogens with one attached hydrogen (secondary N) is 2. The van der Waals surface area contributed by atoms with Crippen molar-refractivity contribution in [2.24, 2.45) is 0 Å². The minimum absolute atomic E-state index is 0.0222. The zero-order chi connectivity index (χ0) is 15.6. The number of carboxylic acid groups (broad SMARTS) is 1. The van der Waals surface area contributed by atoms with Crippen LogP contribution in [-0.2, 0) is 4.79 Å². The molecule has 1 atom stereocenters. The molecule has 0 radical (unpaired) electrons. The molecule has 112 valence electrons. The van der Waals surface area contributed by atoms with Crippen molar-refractivity contribution in [1.29, 1.82) is 0 Å². The standard InChI is InChI=1S/C15H18N2O4/c1-8-9(2)16-12-4-3-10(7-11(8)12)14(19)17-13(5-6-18)15(20)21/h3-4,7,13,16,18H,5-6H2,1-2H3,(H,17,19)(H,20,21)/t13-/m1/s1. The van der Waals surface area contributed by atoms with Crippen LogP contribution in [0.3, 0.4) is 0 Å². The average molecular weight is 290 g/mol. The van der Waals surface area contributed by atoms with Crippen molar-refractivity contribution in [3.8, 4) is 0 Å². The van der Waals surface area contributed by atoms with Gasteiger partial charge in [-0.1, -0.05) is 0 Å². The van der Waals surface area contributed by atoms with Gasteiger partial charge in [-0.05, 0) is 37.6 Å². The van der Waals surface area contributed by atoms with Gasteiger partial charge in [0.25, 0.3) is 5.91 Å². The number of carbonyl (C=O) groups is 2. The number of amides is 1. The second kappa shape index (κ2) is 5.97. The van der Waals surface area contributed by atoms with Gasteiger partial charge in [0.15, 0.2) is 0 Å². The molecule has 0 fully saturated rings. The Morgan fingerprint density at radius 3 is 2.67 bits per heavy atom. The van der Waals surface area contributed by atoms with Gasteiger partial charge in [0, 0.05) is 35.2 Å². The highest BCUT2D eigenvalue weighted by Crippen LogP contribution is 2.22. The number of fused-ring (bicyclic) bond motifs is 1. The van der Waals surface area contributed by atoms with Crippen LogP contribution in [-0.4, -0.2) is 39.7 Å². The van der Waals surface area contributed by atoms with Crippen molar-refractivity contribution in [3.05, 3.63) is 35.0 Å². The normalized spacial score (nSPS) is 12.3. The van der Waals surface area contributed by atoms with E-state index in [0.29, 0.717) is 5.56 Å². The fraction of sp³-hybridized carbons (Fsp3) is 0.333. The molecule has 4 N–H and O–H groups in total. The van der Waals surface area contributed by atoms with Crippen molar-refractivity contribution < 1.29 is 19.8 Å². The number of carboxylic acids is 1. The van der Waals surface area contributed by atoms with E-state index in [0.717, 1.165) is 22.2 Å². The van der Waals surface area contributed by atoms with Gasteiger partial charge in [-0.3, -0.25) is 4.79 Å². The molecule has 1 heterocycles.